The van der Waals surface area contributed by atoms with E-state index in [2.05, 4.69) is 26.8 Å². The molecular formula is C15H22ClNO. The first kappa shape index (κ1) is 13.7. The standard InChI is InChI=1S/C15H22ClNO/c1-14(2,3)10-8-11(15(17)6-5-7-15)13(18-4)12(16)9-10/h8-9H,5-7,17H2,1-4H3. The van der Waals surface area contributed by atoms with E-state index in [-0.39, 0.29) is 11.0 Å². The van der Waals surface area contributed by atoms with Crippen LogP contribution in [0, 0.1) is 0 Å². The quantitative estimate of drug-likeness (QED) is 0.880. The predicted molar refractivity (Wildman–Crippen MR) is 76.4 cm³/mol. The Morgan fingerprint density at radius 3 is 2.28 bits per heavy atom. The maximum Gasteiger partial charge on any atom is 0.142 e. The molecule has 2 rings (SSSR count). The predicted octanol–water partition coefficient (Wildman–Crippen LogP) is 3.98. The third-order valence-electron chi connectivity index (χ3n) is 3.90. The molecule has 3 heteroatoms. The van der Waals surface area contributed by atoms with Gasteiger partial charge >= 0.3 is 0 Å². The van der Waals surface area contributed by atoms with Crippen molar-refractivity contribution >= 4 is 11.6 Å². The molecule has 0 aliphatic heterocycles. The lowest BCUT2D eigenvalue weighted by molar-refractivity contribution is 0.243. The highest BCUT2D eigenvalue weighted by molar-refractivity contribution is 6.32. The number of hydrogen-bond acceptors (Lipinski definition) is 2. The molecule has 1 fully saturated rings. The molecule has 100 valence electrons. The van der Waals surface area contributed by atoms with E-state index in [0.717, 1.165) is 24.2 Å². The van der Waals surface area contributed by atoms with Gasteiger partial charge in [0.25, 0.3) is 0 Å². The van der Waals surface area contributed by atoms with E-state index in [1.165, 1.54) is 12.0 Å². The normalized spacial score (nSPS) is 18.3. The second kappa shape index (κ2) is 4.43. The van der Waals surface area contributed by atoms with Gasteiger partial charge in [0, 0.05) is 11.1 Å². The highest BCUT2D eigenvalue weighted by Crippen LogP contribution is 2.46. The van der Waals surface area contributed by atoms with E-state index in [1.807, 2.05) is 6.07 Å². The highest BCUT2D eigenvalue weighted by atomic mass is 35.5. The molecule has 2 nitrogen and oxygen atoms in total. The van der Waals surface area contributed by atoms with Crippen LogP contribution in [0.3, 0.4) is 0 Å². The van der Waals surface area contributed by atoms with E-state index in [0.29, 0.717) is 5.02 Å². The van der Waals surface area contributed by atoms with Crippen molar-refractivity contribution < 1.29 is 4.74 Å². The third kappa shape index (κ3) is 2.24. The second-order valence-electron chi connectivity index (χ2n) is 6.30. The molecule has 0 unspecified atom stereocenters. The number of rotatable bonds is 2. The van der Waals surface area contributed by atoms with Gasteiger partial charge in [0.2, 0.25) is 0 Å². The first-order chi connectivity index (χ1) is 8.28. The van der Waals surface area contributed by atoms with Crippen LogP contribution in [0.15, 0.2) is 12.1 Å². The van der Waals surface area contributed by atoms with Crippen molar-refractivity contribution in [1.82, 2.24) is 0 Å². The molecule has 1 aliphatic carbocycles. The summed E-state index contributed by atoms with van der Waals surface area (Å²) in [5, 5.41) is 0.664. The number of hydrogen-bond donors (Lipinski definition) is 1. The molecule has 0 radical (unpaired) electrons. The lowest BCUT2D eigenvalue weighted by Gasteiger charge is -2.40. The lowest BCUT2D eigenvalue weighted by atomic mass is 9.71. The minimum absolute atomic E-state index is 0.0603. The first-order valence-electron chi connectivity index (χ1n) is 6.45. The van der Waals surface area contributed by atoms with Gasteiger partial charge in [0.1, 0.15) is 5.75 Å². The molecular weight excluding hydrogens is 246 g/mol. The molecule has 0 bridgehead atoms. The number of nitrogens with two attached hydrogens (primary N) is 1. The summed E-state index contributed by atoms with van der Waals surface area (Å²) >= 11 is 6.35. The van der Waals surface area contributed by atoms with Gasteiger partial charge in [-0.1, -0.05) is 32.4 Å². The summed E-state index contributed by atoms with van der Waals surface area (Å²) in [5.41, 5.74) is 8.52. The minimum Gasteiger partial charge on any atom is -0.495 e. The van der Waals surface area contributed by atoms with Crippen molar-refractivity contribution in [3.8, 4) is 5.75 Å². The maximum absolute atomic E-state index is 6.44. The molecule has 0 aromatic heterocycles. The number of benzene rings is 1. The molecule has 0 spiro atoms. The minimum atomic E-state index is -0.254. The summed E-state index contributed by atoms with van der Waals surface area (Å²) in [6, 6.07) is 4.16. The average Bonchev–Trinajstić information content (AvgIpc) is 2.23. The van der Waals surface area contributed by atoms with Crippen LogP contribution >= 0.6 is 11.6 Å². The van der Waals surface area contributed by atoms with Gasteiger partial charge in [-0.05, 0) is 42.4 Å². The monoisotopic (exact) mass is 267 g/mol. The topological polar surface area (TPSA) is 35.2 Å². The first-order valence-corrected chi connectivity index (χ1v) is 6.83. The molecule has 1 aromatic rings. The fourth-order valence-electron chi connectivity index (χ4n) is 2.43. The number of methoxy groups -OCH3 is 1. The molecule has 1 aromatic carbocycles. The zero-order valence-corrected chi connectivity index (χ0v) is 12.4. The Balaban J connectivity index is 2.58. The maximum atomic E-state index is 6.44. The van der Waals surface area contributed by atoms with Crippen molar-refractivity contribution in [3.05, 3.63) is 28.3 Å². The summed E-state index contributed by atoms with van der Waals surface area (Å²) in [6.07, 6.45) is 3.19. The molecule has 0 atom stereocenters. The fourth-order valence-corrected chi connectivity index (χ4v) is 2.73. The third-order valence-corrected chi connectivity index (χ3v) is 4.18. The van der Waals surface area contributed by atoms with Crippen molar-refractivity contribution in [2.24, 2.45) is 5.73 Å². The van der Waals surface area contributed by atoms with E-state index in [9.17, 15) is 0 Å². The Bertz CT molecular complexity index is 458. The van der Waals surface area contributed by atoms with Crippen LogP contribution in [0.25, 0.3) is 0 Å². The van der Waals surface area contributed by atoms with Crippen molar-refractivity contribution in [3.63, 3.8) is 0 Å². The zero-order valence-electron chi connectivity index (χ0n) is 11.6. The van der Waals surface area contributed by atoms with Crippen LogP contribution in [0.4, 0.5) is 0 Å². The molecule has 1 saturated carbocycles. The van der Waals surface area contributed by atoms with Crippen LogP contribution < -0.4 is 10.5 Å². The zero-order chi connectivity index (χ0) is 13.6. The molecule has 2 N–H and O–H groups in total. The molecule has 0 heterocycles. The fraction of sp³-hybridized carbons (Fsp3) is 0.600. The Morgan fingerprint density at radius 1 is 1.28 bits per heavy atom. The summed E-state index contributed by atoms with van der Waals surface area (Å²) in [7, 11) is 1.66. The van der Waals surface area contributed by atoms with Crippen molar-refractivity contribution in [2.45, 2.75) is 51.0 Å². The van der Waals surface area contributed by atoms with Crippen LogP contribution in [0.1, 0.15) is 51.2 Å². The SMILES string of the molecule is COc1c(Cl)cc(C(C)(C)C)cc1C1(N)CCC1. The van der Waals surface area contributed by atoms with Crippen LogP contribution in [0.5, 0.6) is 5.75 Å². The van der Waals surface area contributed by atoms with E-state index in [4.69, 9.17) is 22.1 Å². The van der Waals surface area contributed by atoms with Crippen LogP contribution in [-0.2, 0) is 11.0 Å². The van der Waals surface area contributed by atoms with Crippen LogP contribution in [0.2, 0.25) is 5.02 Å². The molecule has 1 aliphatic rings. The van der Waals surface area contributed by atoms with Gasteiger partial charge in [-0.15, -0.1) is 0 Å². The van der Waals surface area contributed by atoms with Gasteiger partial charge in [0.05, 0.1) is 12.1 Å². The van der Waals surface area contributed by atoms with Gasteiger partial charge < -0.3 is 10.5 Å². The smallest absolute Gasteiger partial charge is 0.142 e. The van der Waals surface area contributed by atoms with Crippen molar-refractivity contribution in [2.75, 3.05) is 7.11 Å². The highest BCUT2D eigenvalue weighted by Gasteiger charge is 2.38. The molecule has 0 amide bonds. The number of ether oxygens (including phenoxy) is 1. The van der Waals surface area contributed by atoms with Gasteiger partial charge in [0.15, 0.2) is 0 Å². The second-order valence-corrected chi connectivity index (χ2v) is 6.71. The Labute approximate surface area is 114 Å². The Morgan fingerprint density at radius 2 is 1.89 bits per heavy atom. The van der Waals surface area contributed by atoms with Crippen molar-refractivity contribution in [1.29, 1.82) is 0 Å². The largest absolute Gasteiger partial charge is 0.495 e. The lowest BCUT2D eigenvalue weighted by Crippen LogP contribution is -2.43. The van der Waals surface area contributed by atoms with E-state index in [1.54, 1.807) is 7.11 Å². The van der Waals surface area contributed by atoms with Crippen LogP contribution in [-0.4, -0.2) is 7.11 Å². The molecule has 0 saturated heterocycles. The van der Waals surface area contributed by atoms with Gasteiger partial charge in [-0.3, -0.25) is 0 Å². The summed E-state index contributed by atoms with van der Waals surface area (Å²) in [4.78, 5) is 0. The van der Waals surface area contributed by atoms with E-state index >= 15 is 0 Å². The van der Waals surface area contributed by atoms with Gasteiger partial charge in [-0.25, -0.2) is 0 Å². The summed E-state index contributed by atoms with van der Waals surface area (Å²) in [6.45, 7) is 6.54. The Hall–Kier alpha value is -0.730. The van der Waals surface area contributed by atoms with E-state index < -0.39 is 0 Å². The summed E-state index contributed by atoms with van der Waals surface area (Å²) in [5.74, 6) is 0.742. The summed E-state index contributed by atoms with van der Waals surface area (Å²) < 4.78 is 5.45. The van der Waals surface area contributed by atoms with Gasteiger partial charge in [-0.2, -0.15) is 0 Å². The molecule has 18 heavy (non-hydrogen) atoms. The number of halogens is 1. The average molecular weight is 268 g/mol. The Kier molecular flexibility index (Phi) is 3.37.